The fourth-order valence-corrected chi connectivity index (χ4v) is 3.09. The summed E-state index contributed by atoms with van der Waals surface area (Å²) in [5.41, 5.74) is 3.20. The smallest absolute Gasteiger partial charge is 0.222 e. The number of likely N-dealkylation sites (tertiary alicyclic amines) is 1. The topological polar surface area (TPSA) is 67.3 Å². The molecule has 176 valence electrons. The summed E-state index contributed by atoms with van der Waals surface area (Å²) < 4.78 is 0. The van der Waals surface area contributed by atoms with Crippen molar-refractivity contribution in [2.45, 2.75) is 39.7 Å². The molecule has 1 aliphatic rings. The van der Waals surface area contributed by atoms with Crippen molar-refractivity contribution in [2.75, 3.05) is 44.4 Å². The number of hydrogen-bond donors (Lipinski definition) is 3. The highest BCUT2D eigenvalue weighted by Gasteiger charge is 2.20. The normalized spacial score (nSPS) is 14.2. The first kappa shape index (κ1) is 26.8. The summed E-state index contributed by atoms with van der Waals surface area (Å²) >= 11 is 0. The van der Waals surface area contributed by atoms with Crippen LogP contribution in [0.2, 0.25) is 0 Å². The third kappa shape index (κ3) is 10.2. The van der Waals surface area contributed by atoms with Crippen molar-refractivity contribution in [1.82, 2.24) is 15.5 Å². The molecule has 0 saturated carbocycles. The number of nitrogens with one attached hydrogen (secondary N) is 3. The lowest BCUT2D eigenvalue weighted by Crippen LogP contribution is -2.37. The minimum atomic E-state index is 0.263. The molecule has 0 aromatic heterocycles. The van der Waals surface area contributed by atoms with Crippen molar-refractivity contribution in [2.24, 2.45) is 9.98 Å². The Morgan fingerprint density at radius 2 is 1.78 bits per heavy atom. The number of anilines is 2. The van der Waals surface area contributed by atoms with E-state index in [0.717, 1.165) is 43.2 Å². The summed E-state index contributed by atoms with van der Waals surface area (Å²) in [7, 11) is 5.95. The summed E-state index contributed by atoms with van der Waals surface area (Å²) in [5, 5.41) is 9.27. The Balaban J connectivity index is 0.000000920. The SMILES string of the molecule is C/C=C\NC.C=CNC(N=C(C)C)=NC1CCN(C(=C)Nc2ccc(N(C)C)cc2)CC1. The molecule has 1 aliphatic heterocycles. The predicted molar refractivity (Wildman–Crippen MR) is 142 cm³/mol. The summed E-state index contributed by atoms with van der Waals surface area (Å²) in [6.45, 7) is 15.6. The highest BCUT2D eigenvalue weighted by atomic mass is 15.2. The van der Waals surface area contributed by atoms with Gasteiger partial charge in [-0.05, 0) is 70.3 Å². The van der Waals surface area contributed by atoms with E-state index in [1.165, 1.54) is 5.69 Å². The molecular weight excluding hydrogens is 398 g/mol. The van der Waals surface area contributed by atoms with Crippen LogP contribution in [-0.2, 0) is 0 Å². The van der Waals surface area contributed by atoms with Crippen LogP contribution < -0.4 is 20.9 Å². The third-order valence-electron chi connectivity index (χ3n) is 4.72. The maximum Gasteiger partial charge on any atom is 0.222 e. The lowest BCUT2D eigenvalue weighted by molar-refractivity contribution is 0.268. The molecule has 0 atom stereocenters. The van der Waals surface area contributed by atoms with Crippen molar-refractivity contribution >= 4 is 23.0 Å². The molecular formula is C25H41N7. The van der Waals surface area contributed by atoms with Gasteiger partial charge in [0.2, 0.25) is 5.96 Å². The quantitative estimate of drug-likeness (QED) is 0.434. The van der Waals surface area contributed by atoms with Crippen LogP contribution in [0.4, 0.5) is 11.4 Å². The van der Waals surface area contributed by atoms with Crippen molar-refractivity contribution < 1.29 is 0 Å². The van der Waals surface area contributed by atoms with Crippen molar-refractivity contribution in [3.63, 3.8) is 0 Å². The maximum atomic E-state index is 4.73. The van der Waals surface area contributed by atoms with Crippen molar-refractivity contribution in [3.05, 3.63) is 61.7 Å². The van der Waals surface area contributed by atoms with Crippen LogP contribution >= 0.6 is 0 Å². The molecule has 1 heterocycles. The molecule has 0 aliphatic carbocycles. The molecule has 1 aromatic rings. The van der Waals surface area contributed by atoms with Crippen molar-refractivity contribution in [1.29, 1.82) is 0 Å². The number of hydrogen-bond acceptors (Lipinski definition) is 5. The van der Waals surface area contributed by atoms with Gasteiger partial charge in [-0.2, -0.15) is 0 Å². The van der Waals surface area contributed by atoms with Gasteiger partial charge in [-0.1, -0.05) is 19.2 Å². The van der Waals surface area contributed by atoms with E-state index in [2.05, 4.69) is 68.2 Å². The maximum absolute atomic E-state index is 4.73. The van der Waals surface area contributed by atoms with Crippen LogP contribution in [0.15, 0.2) is 71.7 Å². The number of aliphatic imine (C=N–C) groups is 2. The lowest BCUT2D eigenvalue weighted by atomic mass is 10.1. The predicted octanol–water partition coefficient (Wildman–Crippen LogP) is 4.41. The Morgan fingerprint density at radius 1 is 1.16 bits per heavy atom. The molecule has 0 spiro atoms. The standard InChI is InChI=1S/C21H32N6.C4H9N/c1-7-22-21(23-16(2)3)25-19-12-14-27(15-13-19)17(4)24-18-8-10-20(11-9-18)26(5)6;1-3-4-5-2/h7-11,19,24H,1,4,12-15H2,2-3,5-6H3,(H,22,25);3-5H,1-2H3/b;4-3-. The van der Waals surface area contributed by atoms with Crippen LogP contribution in [0, 0.1) is 0 Å². The first-order valence-electron chi connectivity index (χ1n) is 11.0. The average Bonchev–Trinajstić information content (AvgIpc) is 2.75. The van der Waals surface area contributed by atoms with Gasteiger partial charge in [-0.15, -0.1) is 0 Å². The van der Waals surface area contributed by atoms with Crippen LogP contribution in [0.3, 0.4) is 0 Å². The Morgan fingerprint density at radius 3 is 2.22 bits per heavy atom. The van der Waals surface area contributed by atoms with E-state index in [0.29, 0.717) is 5.96 Å². The number of rotatable bonds is 7. The van der Waals surface area contributed by atoms with Gasteiger partial charge >= 0.3 is 0 Å². The van der Waals surface area contributed by atoms with Gasteiger partial charge in [0.15, 0.2) is 0 Å². The van der Waals surface area contributed by atoms with Crippen LogP contribution in [0.25, 0.3) is 0 Å². The highest BCUT2D eigenvalue weighted by Crippen LogP contribution is 2.21. The number of allylic oxidation sites excluding steroid dienone is 1. The summed E-state index contributed by atoms with van der Waals surface area (Å²) in [4.78, 5) is 13.5. The van der Waals surface area contributed by atoms with Gasteiger partial charge in [0.25, 0.3) is 0 Å². The van der Waals surface area contributed by atoms with E-state index < -0.39 is 0 Å². The van der Waals surface area contributed by atoms with E-state index in [9.17, 15) is 0 Å². The minimum Gasteiger partial charge on any atom is -0.394 e. The second kappa shape index (κ2) is 14.7. The number of guanidine groups is 1. The molecule has 3 N–H and O–H groups in total. The van der Waals surface area contributed by atoms with Crippen molar-refractivity contribution in [3.8, 4) is 0 Å². The van der Waals surface area contributed by atoms with E-state index in [1.807, 2.05) is 54.2 Å². The Labute approximate surface area is 194 Å². The Bertz CT molecular complexity index is 779. The minimum absolute atomic E-state index is 0.263. The Kier molecular flexibility index (Phi) is 12.3. The molecule has 7 nitrogen and oxygen atoms in total. The van der Waals surface area contributed by atoms with Crippen LogP contribution in [0.5, 0.6) is 0 Å². The number of nitrogens with zero attached hydrogens (tertiary/aromatic N) is 4. The molecule has 7 heteroatoms. The molecule has 0 amide bonds. The number of benzene rings is 1. The summed E-state index contributed by atoms with van der Waals surface area (Å²) in [6, 6.07) is 8.62. The third-order valence-corrected chi connectivity index (χ3v) is 4.72. The van der Waals surface area contributed by atoms with Gasteiger partial charge in [-0.25, -0.2) is 9.98 Å². The second-order valence-corrected chi connectivity index (χ2v) is 7.88. The summed E-state index contributed by atoms with van der Waals surface area (Å²) in [5.74, 6) is 1.57. The van der Waals surface area contributed by atoms with E-state index in [4.69, 9.17) is 4.99 Å². The number of piperidine rings is 1. The highest BCUT2D eigenvalue weighted by molar-refractivity contribution is 5.95. The van der Waals surface area contributed by atoms with Gasteiger partial charge in [0, 0.05) is 51.3 Å². The molecule has 0 radical (unpaired) electrons. The molecule has 0 unspecified atom stereocenters. The van der Waals surface area contributed by atoms with E-state index in [-0.39, 0.29) is 6.04 Å². The average molecular weight is 440 g/mol. The molecule has 2 rings (SSSR count). The zero-order valence-electron chi connectivity index (χ0n) is 20.7. The monoisotopic (exact) mass is 439 g/mol. The van der Waals surface area contributed by atoms with Crippen LogP contribution in [-0.4, -0.2) is 56.8 Å². The molecule has 0 bridgehead atoms. The first-order chi connectivity index (χ1) is 15.3. The van der Waals surface area contributed by atoms with Crippen LogP contribution in [0.1, 0.15) is 33.6 Å². The largest absolute Gasteiger partial charge is 0.394 e. The lowest BCUT2D eigenvalue weighted by Gasteiger charge is -2.33. The molecule has 1 saturated heterocycles. The summed E-state index contributed by atoms with van der Waals surface area (Å²) in [6.07, 6.45) is 7.38. The van der Waals surface area contributed by atoms with E-state index >= 15 is 0 Å². The zero-order chi connectivity index (χ0) is 23.9. The molecule has 1 fully saturated rings. The second-order valence-electron chi connectivity index (χ2n) is 7.88. The fourth-order valence-electron chi connectivity index (χ4n) is 3.09. The van der Waals surface area contributed by atoms with Gasteiger partial charge < -0.3 is 25.8 Å². The van der Waals surface area contributed by atoms with E-state index in [1.54, 1.807) is 6.20 Å². The Hall–Kier alpha value is -3.22. The van der Waals surface area contributed by atoms with Gasteiger partial charge in [-0.3, -0.25) is 0 Å². The molecule has 32 heavy (non-hydrogen) atoms. The fraction of sp³-hybridized carbons (Fsp3) is 0.440. The van der Waals surface area contributed by atoms with Gasteiger partial charge in [0.1, 0.15) is 0 Å². The molecule has 1 aromatic carbocycles. The van der Waals surface area contributed by atoms with Gasteiger partial charge in [0.05, 0.1) is 11.9 Å². The first-order valence-corrected chi connectivity index (χ1v) is 11.0. The zero-order valence-corrected chi connectivity index (χ0v) is 20.7.